The van der Waals surface area contributed by atoms with Crippen molar-refractivity contribution in [2.45, 2.75) is 5.92 Å². The highest BCUT2D eigenvalue weighted by molar-refractivity contribution is 5.80. The molecule has 1 amide bonds. The van der Waals surface area contributed by atoms with E-state index in [1.54, 1.807) is 19.2 Å². The van der Waals surface area contributed by atoms with Crippen LogP contribution in [0.15, 0.2) is 24.3 Å². The molecule has 2 atom stereocenters. The lowest BCUT2D eigenvalue weighted by Crippen LogP contribution is -2.36. The van der Waals surface area contributed by atoms with Crippen molar-refractivity contribution < 1.29 is 13.9 Å². The molecule has 2 N–H and O–H groups in total. The Morgan fingerprint density at radius 1 is 1.42 bits per heavy atom. The molecule has 2 unspecified atom stereocenters. The van der Waals surface area contributed by atoms with E-state index in [1.807, 2.05) is 0 Å². The van der Waals surface area contributed by atoms with E-state index in [9.17, 15) is 9.18 Å². The summed E-state index contributed by atoms with van der Waals surface area (Å²) in [5, 5.41) is 6.08. The molecule has 0 saturated carbocycles. The third kappa shape index (κ3) is 3.52. The van der Waals surface area contributed by atoms with Crippen molar-refractivity contribution in [1.29, 1.82) is 0 Å². The number of ether oxygens (including phenoxy) is 1. The van der Waals surface area contributed by atoms with E-state index in [1.165, 1.54) is 12.1 Å². The lowest BCUT2D eigenvalue weighted by molar-refractivity contribution is -0.125. The van der Waals surface area contributed by atoms with Crippen molar-refractivity contribution in [3.63, 3.8) is 0 Å². The van der Waals surface area contributed by atoms with Crippen LogP contribution in [0, 0.1) is 11.7 Å². The Bertz CT molecular complexity index is 422. The third-order valence-electron chi connectivity index (χ3n) is 3.45. The monoisotopic (exact) mass is 266 g/mol. The van der Waals surface area contributed by atoms with Crippen LogP contribution in [0.25, 0.3) is 0 Å². The molecule has 1 aliphatic rings. The standard InChI is InChI=1S/C14H19FN2O2/c1-19-7-6-17-14(18)13-9-16-8-12(13)10-2-4-11(15)5-3-10/h2-5,12-13,16H,6-9H2,1H3,(H,17,18). The molecule has 1 aromatic rings. The highest BCUT2D eigenvalue weighted by Gasteiger charge is 2.33. The van der Waals surface area contributed by atoms with E-state index in [0.717, 1.165) is 12.1 Å². The number of amides is 1. The summed E-state index contributed by atoms with van der Waals surface area (Å²) in [5.74, 6) is -0.238. The first-order valence-corrected chi connectivity index (χ1v) is 6.45. The Morgan fingerprint density at radius 3 is 2.84 bits per heavy atom. The molecule has 19 heavy (non-hydrogen) atoms. The Kier molecular flexibility index (Phi) is 4.87. The molecule has 5 heteroatoms. The first-order chi connectivity index (χ1) is 9.22. The van der Waals surface area contributed by atoms with Crippen molar-refractivity contribution in [2.75, 3.05) is 33.4 Å². The average molecular weight is 266 g/mol. The Hall–Kier alpha value is -1.46. The number of hydrogen-bond donors (Lipinski definition) is 2. The predicted octanol–water partition coefficient (Wildman–Crippen LogP) is 0.891. The number of carbonyl (C=O) groups is 1. The summed E-state index contributed by atoms with van der Waals surface area (Å²) < 4.78 is 17.8. The first-order valence-electron chi connectivity index (χ1n) is 6.45. The van der Waals surface area contributed by atoms with Gasteiger partial charge in [0.2, 0.25) is 5.91 Å². The number of benzene rings is 1. The van der Waals surface area contributed by atoms with Gasteiger partial charge in [-0.25, -0.2) is 4.39 Å². The van der Waals surface area contributed by atoms with Gasteiger partial charge in [-0.05, 0) is 17.7 Å². The van der Waals surface area contributed by atoms with Gasteiger partial charge in [-0.1, -0.05) is 12.1 Å². The zero-order valence-electron chi connectivity index (χ0n) is 11.0. The van der Waals surface area contributed by atoms with E-state index < -0.39 is 0 Å². The zero-order valence-corrected chi connectivity index (χ0v) is 11.0. The van der Waals surface area contributed by atoms with Crippen LogP contribution in [0.1, 0.15) is 11.5 Å². The summed E-state index contributed by atoms with van der Waals surface area (Å²) in [6, 6.07) is 6.38. The number of methoxy groups -OCH3 is 1. The fraction of sp³-hybridized carbons (Fsp3) is 0.500. The number of halogens is 1. The van der Waals surface area contributed by atoms with Gasteiger partial charge in [0.25, 0.3) is 0 Å². The second kappa shape index (κ2) is 6.63. The molecule has 4 nitrogen and oxygen atoms in total. The normalized spacial score (nSPS) is 22.4. The SMILES string of the molecule is COCCNC(=O)C1CNCC1c1ccc(F)cc1. The number of carbonyl (C=O) groups excluding carboxylic acids is 1. The summed E-state index contributed by atoms with van der Waals surface area (Å²) in [7, 11) is 1.60. The molecule has 1 heterocycles. The van der Waals surface area contributed by atoms with Crippen molar-refractivity contribution in [2.24, 2.45) is 5.92 Å². The zero-order chi connectivity index (χ0) is 13.7. The second-order valence-corrected chi connectivity index (χ2v) is 4.71. The van der Waals surface area contributed by atoms with E-state index in [0.29, 0.717) is 19.7 Å². The molecule has 1 aromatic carbocycles. The van der Waals surface area contributed by atoms with E-state index in [-0.39, 0.29) is 23.6 Å². The Morgan fingerprint density at radius 2 is 2.16 bits per heavy atom. The summed E-state index contributed by atoms with van der Waals surface area (Å²) in [6.45, 7) is 2.42. The molecule has 1 fully saturated rings. The highest BCUT2D eigenvalue weighted by Crippen LogP contribution is 2.28. The predicted molar refractivity (Wildman–Crippen MR) is 70.4 cm³/mol. The maximum atomic E-state index is 12.9. The molecule has 0 bridgehead atoms. The summed E-state index contributed by atoms with van der Waals surface area (Å²) in [6.07, 6.45) is 0. The fourth-order valence-electron chi connectivity index (χ4n) is 2.42. The summed E-state index contributed by atoms with van der Waals surface area (Å²) in [5.41, 5.74) is 0.998. The molecule has 0 spiro atoms. The average Bonchev–Trinajstić information content (AvgIpc) is 2.89. The van der Waals surface area contributed by atoms with Crippen LogP contribution in [0.2, 0.25) is 0 Å². The summed E-state index contributed by atoms with van der Waals surface area (Å²) in [4.78, 5) is 12.1. The molecule has 2 rings (SSSR count). The maximum absolute atomic E-state index is 12.9. The minimum Gasteiger partial charge on any atom is -0.383 e. The van der Waals surface area contributed by atoms with E-state index >= 15 is 0 Å². The van der Waals surface area contributed by atoms with Gasteiger partial charge in [0.05, 0.1) is 12.5 Å². The molecule has 0 radical (unpaired) electrons. The fourth-order valence-corrected chi connectivity index (χ4v) is 2.42. The minimum absolute atomic E-state index is 0.0244. The molecular formula is C14H19FN2O2. The van der Waals surface area contributed by atoms with E-state index in [2.05, 4.69) is 10.6 Å². The van der Waals surface area contributed by atoms with Crippen molar-refractivity contribution in [3.8, 4) is 0 Å². The maximum Gasteiger partial charge on any atom is 0.225 e. The van der Waals surface area contributed by atoms with Gasteiger partial charge in [-0.2, -0.15) is 0 Å². The largest absolute Gasteiger partial charge is 0.383 e. The Balaban J connectivity index is 2.00. The van der Waals surface area contributed by atoms with Crippen molar-refractivity contribution in [1.82, 2.24) is 10.6 Å². The van der Waals surface area contributed by atoms with Crippen molar-refractivity contribution in [3.05, 3.63) is 35.6 Å². The van der Waals surface area contributed by atoms with Crippen LogP contribution in [-0.2, 0) is 9.53 Å². The topological polar surface area (TPSA) is 50.4 Å². The molecule has 1 aliphatic heterocycles. The van der Waals surface area contributed by atoms with Gasteiger partial charge >= 0.3 is 0 Å². The van der Waals surface area contributed by atoms with Crippen molar-refractivity contribution >= 4 is 5.91 Å². The van der Waals surface area contributed by atoms with Crippen LogP contribution in [0.3, 0.4) is 0 Å². The van der Waals surface area contributed by atoms with Crippen LogP contribution in [-0.4, -0.2) is 39.3 Å². The van der Waals surface area contributed by atoms with Gasteiger partial charge in [0.15, 0.2) is 0 Å². The lowest BCUT2D eigenvalue weighted by atomic mass is 9.88. The third-order valence-corrected chi connectivity index (χ3v) is 3.45. The smallest absolute Gasteiger partial charge is 0.225 e. The van der Waals surface area contributed by atoms with Crippen LogP contribution >= 0.6 is 0 Å². The van der Waals surface area contributed by atoms with Crippen LogP contribution in [0.4, 0.5) is 4.39 Å². The van der Waals surface area contributed by atoms with Crippen LogP contribution in [0.5, 0.6) is 0 Å². The van der Waals surface area contributed by atoms with E-state index in [4.69, 9.17) is 4.74 Å². The number of nitrogens with one attached hydrogen (secondary N) is 2. The van der Waals surface area contributed by atoms with Gasteiger partial charge < -0.3 is 15.4 Å². The van der Waals surface area contributed by atoms with Gasteiger partial charge in [-0.15, -0.1) is 0 Å². The molecule has 0 aromatic heterocycles. The Labute approximate surface area is 112 Å². The molecule has 0 aliphatic carbocycles. The molecular weight excluding hydrogens is 247 g/mol. The number of hydrogen-bond acceptors (Lipinski definition) is 3. The van der Waals surface area contributed by atoms with Crippen LogP contribution < -0.4 is 10.6 Å². The highest BCUT2D eigenvalue weighted by atomic mass is 19.1. The molecule has 104 valence electrons. The summed E-state index contributed by atoms with van der Waals surface area (Å²) >= 11 is 0. The molecule has 1 saturated heterocycles. The van der Waals surface area contributed by atoms with Gasteiger partial charge in [0.1, 0.15) is 5.82 Å². The van der Waals surface area contributed by atoms with Gasteiger partial charge in [-0.3, -0.25) is 4.79 Å². The lowest BCUT2D eigenvalue weighted by Gasteiger charge is -2.18. The van der Waals surface area contributed by atoms with Gasteiger partial charge in [0, 0.05) is 32.7 Å². The number of rotatable bonds is 5. The quantitative estimate of drug-likeness (QED) is 0.778. The minimum atomic E-state index is -0.254. The first kappa shape index (κ1) is 14.0. The second-order valence-electron chi connectivity index (χ2n) is 4.71.